The molecular weight excluding hydrogens is 188 g/mol. The number of piperidine rings is 2. The molecule has 2 rings (SSSR count). The zero-order valence-corrected chi connectivity index (χ0v) is 9.67. The minimum atomic E-state index is 0.298. The summed E-state index contributed by atoms with van der Waals surface area (Å²) in [6, 6.07) is 0.473. The molecular formula is C12H22N2O. The van der Waals surface area contributed by atoms with Crippen LogP contribution >= 0.6 is 0 Å². The number of rotatable bonds is 1. The summed E-state index contributed by atoms with van der Waals surface area (Å²) >= 11 is 0. The van der Waals surface area contributed by atoms with Crippen molar-refractivity contribution in [1.82, 2.24) is 10.2 Å². The maximum absolute atomic E-state index is 12.3. The first-order valence-corrected chi connectivity index (χ1v) is 6.30. The van der Waals surface area contributed by atoms with Crippen LogP contribution in [0.15, 0.2) is 0 Å². The average molecular weight is 210 g/mol. The first-order valence-electron chi connectivity index (χ1n) is 6.30. The summed E-state index contributed by atoms with van der Waals surface area (Å²) in [7, 11) is 0. The normalized spacial score (nSPS) is 29.1. The molecule has 0 saturated carbocycles. The van der Waals surface area contributed by atoms with E-state index in [1.54, 1.807) is 0 Å². The largest absolute Gasteiger partial charge is 0.340 e. The lowest BCUT2D eigenvalue weighted by Crippen LogP contribution is -2.47. The number of likely N-dealkylation sites (tertiary alicyclic amines) is 1. The summed E-state index contributed by atoms with van der Waals surface area (Å²) in [4.78, 5) is 14.4. The van der Waals surface area contributed by atoms with E-state index in [-0.39, 0.29) is 0 Å². The van der Waals surface area contributed by atoms with Gasteiger partial charge in [0.1, 0.15) is 0 Å². The third-order valence-electron chi connectivity index (χ3n) is 3.77. The Labute approximate surface area is 92.2 Å². The van der Waals surface area contributed by atoms with Gasteiger partial charge in [-0.25, -0.2) is 0 Å². The van der Waals surface area contributed by atoms with Gasteiger partial charge in [0.2, 0.25) is 5.91 Å². The Morgan fingerprint density at radius 3 is 2.60 bits per heavy atom. The maximum Gasteiger partial charge on any atom is 0.226 e. The molecule has 0 bridgehead atoms. The van der Waals surface area contributed by atoms with Crippen LogP contribution < -0.4 is 5.32 Å². The molecule has 1 N–H and O–H groups in total. The van der Waals surface area contributed by atoms with E-state index in [0.717, 1.165) is 32.5 Å². The zero-order chi connectivity index (χ0) is 10.7. The molecule has 2 aliphatic rings. The molecule has 2 fully saturated rings. The van der Waals surface area contributed by atoms with Crippen LogP contribution in [0.4, 0.5) is 0 Å². The molecule has 1 amide bonds. The highest BCUT2D eigenvalue weighted by atomic mass is 16.2. The number of hydrogen-bond acceptors (Lipinski definition) is 2. The molecule has 0 radical (unpaired) electrons. The van der Waals surface area contributed by atoms with E-state index < -0.39 is 0 Å². The van der Waals surface area contributed by atoms with Crippen LogP contribution in [0.2, 0.25) is 0 Å². The summed E-state index contributed by atoms with van der Waals surface area (Å²) in [6.07, 6.45) is 5.74. The van der Waals surface area contributed by atoms with Crippen LogP contribution in [0.3, 0.4) is 0 Å². The summed E-state index contributed by atoms with van der Waals surface area (Å²) < 4.78 is 0. The second-order valence-corrected chi connectivity index (χ2v) is 4.90. The van der Waals surface area contributed by atoms with Crippen LogP contribution in [-0.2, 0) is 4.79 Å². The van der Waals surface area contributed by atoms with Gasteiger partial charge in [0.05, 0.1) is 0 Å². The average Bonchev–Trinajstić information content (AvgIpc) is 2.30. The van der Waals surface area contributed by atoms with E-state index >= 15 is 0 Å². The van der Waals surface area contributed by atoms with Gasteiger partial charge in [-0.3, -0.25) is 4.79 Å². The highest BCUT2D eigenvalue weighted by molar-refractivity contribution is 5.79. The van der Waals surface area contributed by atoms with Crippen molar-refractivity contribution in [3.63, 3.8) is 0 Å². The molecule has 2 aliphatic heterocycles. The van der Waals surface area contributed by atoms with Crippen molar-refractivity contribution in [2.75, 3.05) is 19.6 Å². The van der Waals surface area contributed by atoms with Gasteiger partial charge in [-0.05, 0) is 52.1 Å². The molecule has 3 nitrogen and oxygen atoms in total. The molecule has 0 aromatic rings. The summed E-state index contributed by atoms with van der Waals surface area (Å²) in [5, 5.41) is 3.31. The fraction of sp³-hybridized carbons (Fsp3) is 0.917. The number of carbonyl (C=O) groups is 1. The Morgan fingerprint density at radius 2 is 1.93 bits per heavy atom. The second kappa shape index (κ2) is 4.97. The lowest BCUT2D eigenvalue weighted by molar-refractivity contribution is -0.139. The molecule has 3 heteroatoms. The molecule has 0 unspecified atom stereocenters. The maximum atomic E-state index is 12.3. The van der Waals surface area contributed by atoms with Gasteiger partial charge in [-0.15, -0.1) is 0 Å². The van der Waals surface area contributed by atoms with E-state index in [2.05, 4.69) is 17.1 Å². The molecule has 0 aromatic heterocycles. The SMILES string of the molecule is C[C@H]1CCCCN1C(=O)C1CCNCC1. The van der Waals surface area contributed by atoms with Gasteiger partial charge in [-0.1, -0.05) is 0 Å². The quantitative estimate of drug-likeness (QED) is 0.709. The van der Waals surface area contributed by atoms with E-state index in [9.17, 15) is 4.79 Å². The predicted molar refractivity (Wildman–Crippen MR) is 60.6 cm³/mol. The summed E-state index contributed by atoms with van der Waals surface area (Å²) in [5.74, 6) is 0.718. The third kappa shape index (κ3) is 2.51. The summed E-state index contributed by atoms with van der Waals surface area (Å²) in [6.45, 7) is 5.21. The first kappa shape index (κ1) is 10.9. The fourth-order valence-corrected chi connectivity index (χ4v) is 2.73. The Morgan fingerprint density at radius 1 is 1.20 bits per heavy atom. The third-order valence-corrected chi connectivity index (χ3v) is 3.77. The second-order valence-electron chi connectivity index (χ2n) is 4.90. The van der Waals surface area contributed by atoms with Crippen molar-refractivity contribution in [3.05, 3.63) is 0 Å². The van der Waals surface area contributed by atoms with Gasteiger partial charge in [0.25, 0.3) is 0 Å². The standard InChI is InChI=1S/C12H22N2O/c1-10-4-2-3-9-14(10)12(15)11-5-7-13-8-6-11/h10-11,13H,2-9H2,1H3/t10-/m0/s1. The Kier molecular flexibility index (Phi) is 3.62. The van der Waals surface area contributed by atoms with Crippen LogP contribution in [0, 0.1) is 5.92 Å². The number of hydrogen-bond donors (Lipinski definition) is 1. The Balaban J connectivity index is 1.92. The molecule has 86 valence electrons. The smallest absolute Gasteiger partial charge is 0.226 e. The lowest BCUT2D eigenvalue weighted by Gasteiger charge is -2.37. The molecule has 2 saturated heterocycles. The van der Waals surface area contributed by atoms with Crippen LogP contribution in [0.1, 0.15) is 39.0 Å². The van der Waals surface area contributed by atoms with Crippen molar-refractivity contribution in [3.8, 4) is 0 Å². The van der Waals surface area contributed by atoms with Crippen LogP contribution in [0.25, 0.3) is 0 Å². The number of amides is 1. The fourth-order valence-electron chi connectivity index (χ4n) is 2.73. The van der Waals surface area contributed by atoms with E-state index in [1.165, 1.54) is 19.3 Å². The minimum absolute atomic E-state index is 0.298. The van der Waals surface area contributed by atoms with Gasteiger partial charge >= 0.3 is 0 Å². The van der Waals surface area contributed by atoms with Gasteiger partial charge in [0.15, 0.2) is 0 Å². The number of carbonyl (C=O) groups excluding carboxylic acids is 1. The van der Waals surface area contributed by atoms with Gasteiger partial charge in [0, 0.05) is 18.5 Å². The van der Waals surface area contributed by atoms with Crippen molar-refractivity contribution in [2.24, 2.45) is 5.92 Å². The lowest BCUT2D eigenvalue weighted by atomic mass is 9.94. The van der Waals surface area contributed by atoms with Gasteiger partial charge in [-0.2, -0.15) is 0 Å². The van der Waals surface area contributed by atoms with E-state index in [4.69, 9.17) is 0 Å². The van der Waals surface area contributed by atoms with Gasteiger partial charge < -0.3 is 10.2 Å². The molecule has 0 aliphatic carbocycles. The van der Waals surface area contributed by atoms with Crippen molar-refractivity contribution in [1.29, 1.82) is 0 Å². The first-order chi connectivity index (χ1) is 7.29. The molecule has 0 aromatic carbocycles. The van der Waals surface area contributed by atoms with E-state index in [0.29, 0.717) is 17.9 Å². The highest BCUT2D eigenvalue weighted by Crippen LogP contribution is 2.22. The zero-order valence-electron chi connectivity index (χ0n) is 9.67. The Bertz CT molecular complexity index is 224. The molecule has 0 spiro atoms. The van der Waals surface area contributed by atoms with Crippen LogP contribution in [0.5, 0.6) is 0 Å². The highest BCUT2D eigenvalue weighted by Gasteiger charge is 2.29. The minimum Gasteiger partial charge on any atom is -0.340 e. The van der Waals surface area contributed by atoms with E-state index in [1.807, 2.05) is 0 Å². The van der Waals surface area contributed by atoms with Crippen molar-refractivity contribution >= 4 is 5.91 Å². The number of nitrogens with zero attached hydrogens (tertiary/aromatic N) is 1. The molecule has 15 heavy (non-hydrogen) atoms. The monoisotopic (exact) mass is 210 g/mol. The molecule has 1 atom stereocenters. The van der Waals surface area contributed by atoms with Crippen LogP contribution in [-0.4, -0.2) is 36.5 Å². The Hall–Kier alpha value is -0.570. The topological polar surface area (TPSA) is 32.3 Å². The van der Waals surface area contributed by atoms with Crippen molar-refractivity contribution in [2.45, 2.75) is 45.1 Å². The molecule has 2 heterocycles. The summed E-state index contributed by atoms with van der Waals surface area (Å²) in [5.41, 5.74) is 0. The number of nitrogens with one attached hydrogen (secondary N) is 1. The predicted octanol–water partition coefficient (Wildman–Crippen LogP) is 1.39. The van der Waals surface area contributed by atoms with Crippen molar-refractivity contribution < 1.29 is 4.79 Å².